The van der Waals surface area contributed by atoms with E-state index in [0.717, 1.165) is 11.3 Å². The molecule has 102 valence electrons. The number of methoxy groups -OCH3 is 1. The Morgan fingerprint density at radius 1 is 1.47 bits per heavy atom. The minimum Gasteiger partial charge on any atom is -0.496 e. The number of ether oxygens (including phenoxy) is 1. The maximum atomic E-state index is 12.3. The molecule has 0 bridgehead atoms. The van der Waals surface area contributed by atoms with Gasteiger partial charge in [-0.15, -0.1) is 0 Å². The number of rotatable bonds is 5. The number of hydrogen-bond acceptors (Lipinski definition) is 3. The lowest BCUT2D eigenvalue weighted by Gasteiger charge is -2.26. The van der Waals surface area contributed by atoms with E-state index in [9.17, 15) is 4.79 Å². The van der Waals surface area contributed by atoms with Gasteiger partial charge in [0, 0.05) is 19.2 Å². The second-order valence-electron chi connectivity index (χ2n) is 4.77. The lowest BCUT2D eigenvalue weighted by Crippen LogP contribution is -2.38. The van der Waals surface area contributed by atoms with E-state index in [2.05, 4.69) is 6.07 Å². The van der Waals surface area contributed by atoms with Gasteiger partial charge in [-0.05, 0) is 19.4 Å². The molecule has 0 aliphatic rings. The molecule has 0 saturated heterocycles. The minimum atomic E-state index is -0.962. The standard InChI is InChI=1S/C15H20N2O2/c1-5-15(2,11-16)14(18)17(3)10-12-8-6-7-9-13(12)19-4/h6-9H,5,10H2,1-4H3. The number of carbonyl (C=O) groups is 1. The lowest BCUT2D eigenvalue weighted by atomic mass is 9.88. The molecule has 0 spiro atoms. The fourth-order valence-electron chi connectivity index (χ4n) is 1.86. The minimum absolute atomic E-state index is 0.164. The number of para-hydroxylation sites is 1. The summed E-state index contributed by atoms with van der Waals surface area (Å²) in [6.07, 6.45) is 0.499. The van der Waals surface area contributed by atoms with Crippen molar-refractivity contribution < 1.29 is 9.53 Å². The summed E-state index contributed by atoms with van der Waals surface area (Å²) in [6.45, 7) is 3.95. The molecule has 19 heavy (non-hydrogen) atoms. The molecule has 1 unspecified atom stereocenters. The first kappa shape index (κ1) is 15.0. The van der Waals surface area contributed by atoms with E-state index in [1.165, 1.54) is 0 Å². The summed E-state index contributed by atoms with van der Waals surface area (Å²) in [5.74, 6) is 0.584. The van der Waals surface area contributed by atoms with Crippen LogP contribution in [0.5, 0.6) is 5.75 Å². The molecule has 0 saturated carbocycles. The van der Waals surface area contributed by atoms with Crippen molar-refractivity contribution in [3.8, 4) is 11.8 Å². The zero-order valence-electron chi connectivity index (χ0n) is 11.9. The van der Waals surface area contributed by atoms with Crippen molar-refractivity contribution in [3.63, 3.8) is 0 Å². The van der Waals surface area contributed by atoms with Crippen molar-refractivity contribution in [1.82, 2.24) is 4.90 Å². The van der Waals surface area contributed by atoms with E-state index >= 15 is 0 Å². The summed E-state index contributed by atoms with van der Waals surface area (Å²) in [7, 11) is 3.31. The van der Waals surface area contributed by atoms with Crippen molar-refractivity contribution in [1.29, 1.82) is 5.26 Å². The van der Waals surface area contributed by atoms with Crippen LogP contribution in [0.15, 0.2) is 24.3 Å². The molecule has 0 aliphatic carbocycles. The lowest BCUT2D eigenvalue weighted by molar-refractivity contribution is -0.137. The van der Waals surface area contributed by atoms with Crippen LogP contribution in [-0.2, 0) is 11.3 Å². The number of benzene rings is 1. The second-order valence-corrected chi connectivity index (χ2v) is 4.77. The van der Waals surface area contributed by atoms with Crippen LogP contribution in [0, 0.1) is 16.7 Å². The van der Waals surface area contributed by atoms with Crippen LogP contribution in [0.4, 0.5) is 0 Å². The Kier molecular flexibility index (Phi) is 4.94. The average molecular weight is 260 g/mol. The molecule has 4 heteroatoms. The summed E-state index contributed by atoms with van der Waals surface area (Å²) in [5.41, 5.74) is -0.0335. The first-order chi connectivity index (χ1) is 8.98. The average Bonchev–Trinajstić information content (AvgIpc) is 2.46. The molecule has 1 rings (SSSR count). The Labute approximate surface area is 114 Å². The molecule has 0 N–H and O–H groups in total. The van der Waals surface area contributed by atoms with Crippen LogP contribution >= 0.6 is 0 Å². The van der Waals surface area contributed by atoms with E-state index in [0.29, 0.717) is 13.0 Å². The van der Waals surface area contributed by atoms with E-state index in [1.807, 2.05) is 31.2 Å². The molecular weight excluding hydrogens is 240 g/mol. The van der Waals surface area contributed by atoms with E-state index in [1.54, 1.807) is 26.0 Å². The van der Waals surface area contributed by atoms with Gasteiger partial charge in [-0.2, -0.15) is 5.26 Å². The zero-order chi connectivity index (χ0) is 14.5. The van der Waals surface area contributed by atoms with Crippen molar-refractivity contribution in [2.75, 3.05) is 14.2 Å². The largest absolute Gasteiger partial charge is 0.496 e. The van der Waals surface area contributed by atoms with Crippen LogP contribution in [-0.4, -0.2) is 25.0 Å². The Morgan fingerprint density at radius 3 is 2.63 bits per heavy atom. The topological polar surface area (TPSA) is 53.3 Å². The predicted octanol–water partition coefficient (Wildman–Crippen LogP) is 2.59. The van der Waals surface area contributed by atoms with Gasteiger partial charge in [0.25, 0.3) is 0 Å². The van der Waals surface area contributed by atoms with E-state index in [4.69, 9.17) is 10.00 Å². The van der Waals surface area contributed by atoms with Gasteiger partial charge in [0.2, 0.25) is 5.91 Å². The van der Waals surface area contributed by atoms with Gasteiger partial charge in [0.1, 0.15) is 11.2 Å². The Bertz CT molecular complexity index is 493. The molecule has 1 aromatic carbocycles. The van der Waals surface area contributed by atoms with Gasteiger partial charge in [-0.25, -0.2) is 0 Å². The third-order valence-electron chi connectivity index (χ3n) is 3.37. The highest BCUT2D eigenvalue weighted by Gasteiger charge is 2.33. The number of amides is 1. The fraction of sp³-hybridized carbons (Fsp3) is 0.467. The summed E-state index contributed by atoms with van der Waals surface area (Å²) in [6, 6.07) is 9.66. The Hall–Kier alpha value is -2.02. The van der Waals surface area contributed by atoms with Gasteiger partial charge in [-0.1, -0.05) is 25.1 Å². The molecule has 0 radical (unpaired) electrons. The normalized spacial score (nSPS) is 13.2. The first-order valence-electron chi connectivity index (χ1n) is 6.27. The van der Waals surface area contributed by atoms with Gasteiger partial charge in [-0.3, -0.25) is 4.79 Å². The van der Waals surface area contributed by atoms with Gasteiger partial charge < -0.3 is 9.64 Å². The maximum absolute atomic E-state index is 12.3. The SMILES string of the molecule is CCC(C)(C#N)C(=O)N(C)Cc1ccccc1OC. The molecule has 1 amide bonds. The summed E-state index contributed by atoms with van der Waals surface area (Å²) in [4.78, 5) is 13.9. The monoisotopic (exact) mass is 260 g/mol. The highest BCUT2D eigenvalue weighted by Crippen LogP contribution is 2.25. The van der Waals surface area contributed by atoms with E-state index < -0.39 is 5.41 Å². The fourth-order valence-corrected chi connectivity index (χ4v) is 1.86. The number of hydrogen-bond donors (Lipinski definition) is 0. The molecule has 0 aliphatic heterocycles. The predicted molar refractivity (Wildman–Crippen MR) is 73.5 cm³/mol. The number of nitriles is 1. The zero-order valence-corrected chi connectivity index (χ0v) is 11.9. The number of nitrogens with zero attached hydrogens (tertiary/aromatic N) is 2. The van der Waals surface area contributed by atoms with Crippen LogP contribution in [0.1, 0.15) is 25.8 Å². The van der Waals surface area contributed by atoms with Crippen LogP contribution in [0.3, 0.4) is 0 Å². The quantitative estimate of drug-likeness (QED) is 0.817. The molecule has 0 heterocycles. The Balaban J connectivity index is 2.89. The number of carbonyl (C=O) groups excluding carboxylic acids is 1. The molecule has 0 fully saturated rings. The van der Waals surface area contributed by atoms with Crippen molar-refractivity contribution >= 4 is 5.91 Å². The smallest absolute Gasteiger partial charge is 0.242 e. The van der Waals surface area contributed by atoms with Crippen LogP contribution < -0.4 is 4.74 Å². The molecule has 4 nitrogen and oxygen atoms in total. The molecule has 1 atom stereocenters. The summed E-state index contributed by atoms with van der Waals surface area (Å²) >= 11 is 0. The second kappa shape index (κ2) is 6.24. The third-order valence-corrected chi connectivity index (χ3v) is 3.37. The summed E-state index contributed by atoms with van der Waals surface area (Å²) in [5, 5.41) is 9.15. The van der Waals surface area contributed by atoms with Crippen LogP contribution in [0.2, 0.25) is 0 Å². The van der Waals surface area contributed by atoms with Gasteiger partial charge >= 0.3 is 0 Å². The van der Waals surface area contributed by atoms with Crippen molar-refractivity contribution in [3.05, 3.63) is 29.8 Å². The highest BCUT2D eigenvalue weighted by molar-refractivity contribution is 5.84. The van der Waals surface area contributed by atoms with Gasteiger partial charge in [0.05, 0.1) is 13.2 Å². The maximum Gasteiger partial charge on any atom is 0.242 e. The third kappa shape index (κ3) is 3.25. The highest BCUT2D eigenvalue weighted by atomic mass is 16.5. The van der Waals surface area contributed by atoms with Crippen LogP contribution in [0.25, 0.3) is 0 Å². The van der Waals surface area contributed by atoms with E-state index in [-0.39, 0.29) is 5.91 Å². The van der Waals surface area contributed by atoms with Crippen molar-refractivity contribution in [2.45, 2.75) is 26.8 Å². The van der Waals surface area contributed by atoms with Crippen molar-refractivity contribution in [2.24, 2.45) is 5.41 Å². The van der Waals surface area contributed by atoms with Gasteiger partial charge in [0.15, 0.2) is 0 Å². The molecule has 1 aromatic rings. The summed E-state index contributed by atoms with van der Waals surface area (Å²) < 4.78 is 5.26. The Morgan fingerprint density at radius 2 is 2.11 bits per heavy atom. The molecule has 0 aromatic heterocycles. The first-order valence-corrected chi connectivity index (χ1v) is 6.27. The molecular formula is C15H20N2O2.